The van der Waals surface area contributed by atoms with E-state index in [1.807, 2.05) is 0 Å². The van der Waals surface area contributed by atoms with E-state index < -0.39 is 0 Å². The van der Waals surface area contributed by atoms with Crippen LogP contribution in [0.15, 0.2) is 18.2 Å². The molecule has 1 aromatic rings. The molecule has 0 aromatic heterocycles. The third kappa shape index (κ3) is 3.61. The van der Waals surface area contributed by atoms with Crippen molar-refractivity contribution in [3.05, 3.63) is 23.8 Å². The lowest BCUT2D eigenvalue weighted by Crippen LogP contribution is -2.38. The fraction of sp³-hybridized carbons (Fsp3) is 0.385. The van der Waals surface area contributed by atoms with E-state index in [0.29, 0.717) is 30.2 Å². The van der Waals surface area contributed by atoms with Gasteiger partial charge >= 0.3 is 0 Å². The first kappa shape index (κ1) is 14.1. The summed E-state index contributed by atoms with van der Waals surface area (Å²) < 4.78 is 15.1. The smallest absolute Gasteiger partial charge is 0.251 e. The summed E-state index contributed by atoms with van der Waals surface area (Å²) in [6.07, 6.45) is 0. The number of hydrogen-bond donors (Lipinski definition) is 2. The molecule has 2 N–H and O–H groups in total. The van der Waals surface area contributed by atoms with Crippen LogP contribution in [0.1, 0.15) is 10.4 Å². The fourth-order valence-electron chi connectivity index (χ4n) is 1.66. The zero-order valence-electron chi connectivity index (χ0n) is 11.1. The molecule has 0 bridgehead atoms. The van der Waals surface area contributed by atoms with Crippen LogP contribution < -0.4 is 20.1 Å². The molecule has 0 radical (unpaired) electrons. The summed E-state index contributed by atoms with van der Waals surface area (Å²) in [6, 6.07) is 4.86. The van der Waals surface area contributed by atoms with E-state index in [2.05, 4.69) is 10.6 Å². The van der Waals surface area contributed by atoms with E-state index in [9.17, 15) is 9.59 Å². The van der Waals surface area contributed by atoms with Gasteiger partial charge in [-0.3, -0.25) is 9.59 Å². The lowest BCUT2D eigenvalue weighted by Gasteiger charge is -2.07. The summed E-state index contributed by atoms with van der Waals surface area (Å²) in [5, 5.41) is 5.14. The molecular formula is C13H16N2O5. The zero-order valence-corrected chi connectivity index (χ0v) is 11.1. The molecule has 0 saturated carbocycles. The Balaban J connectivity index is 1.81. The van der Waals surface area contributed by atoms with Crippen LogP contribution >= 0.6 is 0 Å². The van der Waals surface area contributed by atoms with Crippen LogP contribution in [0.5, 0.6) is 11.5 Å². The number of benzene rings is 1. The summed E-state index contributed by atoms with van der Waals surface area (Å²) >= 11 is 0. The van der Waals surface area contributed by atoms with Gasteiger partial charge in [0.2, 0.25) is 12.7 Å². The molecule has 1 aromatic carbocycles. The molecule has 2 rings (SSSR count). The minimum absolute atomic E-state index is 0.0863. The Morgan fingerprint density at radius 2 is 2.05 bits per heavy atom. The van der Waals surface area contributed by atoms with Gasteiger partial charge in [-0.2, -0.15) is 0 Å². The molecule has 0 unspecified atom stereocenters. The molecule has 0 aliphatic carbocycles. The summed E-state index contributed by atoms with van der Waals surface area (Å²) in [5.41, 5.74) is 0.416. The number of ether oxygens (including phenoxy) is 3. The van der Waals surface area contributed by atoms with Crippen molar-refractivity contribution in [2.45, 2.75) is 0 Å². The second kappa shape index (κ2) is 6.76. The van der Waals surface area contributed by atoms with Crippen LogP contribution in [-0.2, 0) is 9.53 Å². The predicted molar refractivity (Wildman–Crippen MR) is 69.8 cm³/mol. The Labute approximate surface area is 116 Å². The van der Waals surface area contributed by atoms with Gasteiger partial charge in [-0.15, -0.1) is 0 Å². The van der Waals surface area contributed by atoms with Gasteiger partial charge in [0.1, 0.15) is 0 Å². The Hall–Kier alpha value is -2.28. The highest BCUT2D eigenvalue weighted by atomic mass is 16.7. The molecule has 1 heterocycles. The quantitative estimate of drug-likeness (QED) is 0.711. The lowest BCUT2D eigenvalue weighted by molar-refractivity contribution is -0.120. The normalized spacial score (nSPS) is 12.1. The predicted octanol–water partition coefficient (Wildman–Crippen LogP) is -0.0923. The number of nitrogens with one attached hydrogen (secondary N) is 2. The van der Waals surface area contributed by atoms with E-state index >= 15 is 0 Å². The number of methoxy groups -OCH3 is 1. The third-order valence-electron chi connectivity index (χ3n) is 2.67. The molecule has 0 saturated heterocycles. The van der Waals surface area contributed by atoms with E-state index in [-0.39, 0.29) is 25.2 Å². The van der Waals surface area contributed by atoms with Crippen LogP contribution in [0.25, 0.3) is 0 Å². The number of rotatable bonds is 6. The molecule has 1 aliphatic heterocycles. The number of hydrogen-bond acceptors (Lipinski definition) is 5. The van der Waals surface area contributed by atoms with Crippen molar-refractivity contribution in [3.8, 4) is 11.5 Å². The highest BCUT2D eigenvalue weighted by Crippen LogP contribution is 2.32. The molecule has 0 fully saturated rings. The van der Waals surface area contributed by atoms with Gasteiger partial charge in [0.15, 0.2) is 11.5 Å². The first-order valence-corrected chi connectivity index (χ1v) is 6.14. The molecule has 0 spiro atoms. The van der Waals surface area contributed by atoms with E-state index in [0.717, 1.165) is 0 Å². The maximum atomic E-state index is 11.9. The maximum absolute atomic E-state index is 11.9. The maximum Gasteiger partial charge on any atom is 0.251 e. The van der Waals surface area contributed by atoms with Gasteiger partial charge in [0.25, 0.3) is 5.91 Å². The first-order chi connectivity index (χ1) is 9.70. The molecular weight excluding hydrogens is 264 g/mol. The summed E-state index contributed by atoms with van der Waals surface area (Å²) in [6.45, 7) is 0.913. The van der Waals surface area contributed by atoms with Crippen molar-refractivity contribution in [2.75, 3.05) is 33.6 Å². The van der Waals surface area contributed by atoms with Crippen LogP contribution in [-0.4, -0.2) is 45.4 Å². The van der Waals surface area contributed by atoms with Gasteiger partial charge in [-0.25, -0.2) is 0 Å². The fourth-order valence-corrected chi connectivity index (χ4v) is 1.66. The molecule has 1 aliphatic rings. The van der Waals surface area contributed by atoms with Gasteiger partial charge in [-0.1, -0.05) is 0 Å². The van der Waals surface area contributed by atoms with Crippen LogP contribution in [0.4, 0.5) is 0 Å². The van der Waals surface area contributed by atoms with E-state index in [1.54, 1.807) is 25.3 Å². The van der Waals surface area contributed by atoms with Gasteiger partial charge in [-0.05, 0) is 18.2 Å². The zero-order chi connectivity index (χ0) is 14.4. The summed E-state index contributed by atoms with van der Waals surface area (Å²) in [7, 11) is 1.55. The van der Waals surface area contributed by atoms with Gasteiger partial charge in [0, 0.05) is 19.2 Å². The standard InChI is InChI=1S/C13H16N2O5/c1-18-5-4-14-12(16)7-15-13(17)9-2-3-10-11(6-9)20-8-19-10/h2-3,6H,4-5,7-8H2,1H3,(H,14,16)(H,15,17). The number of carbonyl (C=O) groups excluding carboxylic acids is 2. The lowest BCUT2D eigenvalue weighted by atomic mass is 10.2. The highest BCUT2D eigenvalue weighted by molar-refractivity contribution is 5.97. The Kier molecular flexibility index (Phi) is 4.78. The van der Waals surface area contributed by atoms with E-state index in [4.69, 9.17) is 14.2 Å². The molecule has 7 nitrogen and oxygen atoms in total. The van der Waals surface area contributed by atoms with Crippen molar-refractivity contribution in [2.24, 2.45) is 0 Å². The SMILES string of the molecule is COCCNC(=O)CNC(=O)c1ccc2c(c1)OCO2. The minimum Gasteiger partial charge on any atom is -0.454 e. The molecule has 20 heavy (non-hydrogen) atoms. The van der Waals surface area contributed by atoms with Crippen molar-refractivity contribution in [1.82, 2.24) is 10.6 Å². The molecule has 2 amide bonds. The van der Waals surface area contributed by atoms with Crippen molar-refractivity contribution < 1.29 is 23.8 Å². The summed E-state index contributed by atoms with van der Waals surface area (Å²) in [4.78, 5) is 23.3. The average molecular weight is 280 g/mol. The topological polar surface area (TPSA) is 85.9 Å². The Morgan fingerprint density at radius 1 is 1.25 bits per heavy atom. The van der Waals surface area contributed by atoms with Gasteiger partial charge in [0.05, 0.1) is 13.2 Å². The Morgan fingerprint density at radius 3 is 2.85 bits per heavy atom. The first-order valence-electron chi connectivity index (χ1n) is 6.14. The van der Waals surface area contributed by atoms with Crippen LogP contribution in [0, 0.1) is 0 Å². The number of fused-ring (bicyclic) bond motifs is 1. The monoisotopic (exact) mass is 280 g/mol. The largest absolute Gasteiger partial charge is 0.454 e. The molecule has 108 valence electrons. The van der Waals surface area contributed by atoms with Crippen molar-refractivity contribution >= 4 is 11.8 Å². The second-order valence-corrected chi connectivity index (χ2v) is 4.09. The van der Waals surface area contributed by atoms with E-state index in [1.165, 1.54) is 0 Å². The second-order valence-electron chi connectivity index (χ2n) is 4.09. The highest BCUT2D eigenvalue weighted by Gasteiger charge is 2.16. The van der Waals surface area contributed by atoms with Crippen LogP contribution in [0.2, 0.25) is 0 Å². The number of amides is 2. The third-order valence-corrected chi connectivity index (χ3v) is 2.67. The number of carbonyl (C=O) groups is 2. The Bertz CT molecular complexity index is 504. The van der Waals surface area contributed by atoms with Crippen molar-refractivity contribution in [1.29, 1.82) is 0 Å². The average Bonchev–Trinajstić information content (AvgIpc) is 2.92. The minimum atomic E-state index is -0.342. The van der Waals surface area contributed by atoms with Crippen LogP contribution in [0.3, 0.4) is 0 Å². The van der Waals surface area contributed by atoms with Gasteiger partial charge < -0.3 is 24.8 Å². The summed E-state index contributed by atoms with van der Waals surface area (Å²) in [5.74, 6) is 0.530. The van der Waals surface area contributed by atoms with Crippen molar-refractivity contribution in [3.63, 3.8) is 0 Å². The molecule has 7 heteroatoms. The molecule has 0 atom stereocenters.